The van der Waals surface area contributed by atoms with E-state index < -0.39 is 4.92 Å². The van der Waals surface area contributed by atoms with Gasteiger partial charge < -0.3 is 19.5 Å². The lowest BCUT2D eigenvalue weighted by Gasteiger charge is -2.11. The minimum absolute atomic E-state index is 0.124. The zero-order chi connectivity index (χ0) is 25.2. The van der Waals surface area contributed by atoms with Gasteiger partial charge >= 0.3 is 0 Å². The molecule has 0 heterocycles. The highest BCUT2D eigenvalue weighted by Crippen LogP contribution is 2.31. The van der Waals surface area contributed by atoms with Gasteiger partial charge in [-0.3, -0.25) is 14.9 Å². The molecule has 3 aromatic carbocycles. The molecule has 0 aromatic heterocycles. The Morgan fingerprint density at radius 2 is 1.69 bits per heavy atom. The maximum atomic E-state index is 12.1. The van der Waals surface area contributed by atoms with Crippen LogP contribution in [0.5, 0.6) is 17.2 Å². The van der Waals surface area contributed by atoms with E-state index in [2.05, 4.69) is 21.2 Å². The van der Waals surface area contributed by atoms with Crippen molar-refractivity contribution in [3.05, 3.63) is 98.1 Å². The van der Waals surface area contributed by atoms with Gasteiger partial charge in [-0.05, 0) is 53.6 Å². The second-order valence-electron chi connectivity index (χ2n) is 7.18. The number of nitrogens with one attached hydrogen (secondary N) is 1. The number of anilines is 1. The van der Waals surface area contributed by atoms with Crippen LogP contribution < -0.4 is 19.5 Å². The number of carbonyl (C=O) groups is 1. The van der Waals surface area contributed by atoms with Crippen LogP contribution in [0.1, 0.15) is 16.7 Å². The molecule has 0 unspecified atom stereocenters. The van der Waals surface area contributed by atoms with Gasteiger partial charge in [0.2, 0.25) is 6.20 Å². The molecule has 8 nitrogen and oxygen atoms in total. The highest BCUT2D eigenvalue weighted by molar-refractivity contribution is 9.10. The van der Waals surface area contributed by atoms with E-state index in [-0.39, 0.29) is 12.5 Å². The monoisotopic (exact) mass is 538 g/mol. The molecule has 0 aliphatic carbocycles. The van der Waals surface area contributed by atoms with Gasteiger partial charge in [-0.25, -0.2) is 0 Å². The zero-order valence-corrected chi connectivity index (χ0v) is 20.7. The van der Waals surface area contributed by atoms with Crippen LogP contribution in [0, 0.1) is 10.1 Å². The first-order valence-electron chi connectivity index (χ1n) is 10.4. The standard InChI is InChI=1S/C26H23BrN2O6/c1-33-23-15-19(24(13-14-29(31)32)25(16-23)34-2)6-3-18-4-11-22(12-5-18)35-17-26(30)28-21-9-7-20(27)8-10-21/h3-16H,17H2,1-2H3,(H,28,30)/b6-3+,14-13+. The first-order valence-corrected chi connectivity index (χ1v) is 11.2. The summed E-state index contributed by atoms with van der Waals surface area (Å²) >= 11 is 3.35. The smallest absolute Gasteiger partial charge is 0.262 e. The average Bonchev–Trinajstić information content (AvgIpc) is 2.86. The minimum Gasteiger partial charge on any atom is -0.497 e. The molecular formula is C26H23BrN2O6. The van der Waals surface area contributed by atoms with Crippen molar-refractivity contribution in [2.24, 2.45) is 0 Å². The van der Waals surface area contributed by atoms with E-state index in [1.54, 1.807) is 36.4 Å². The molecule has 0 aliphatic heterocycles. The fourth-order valence-corrected chi connectivity index (χ4v) is 3.36. The second kappa shape index (κ2) is 12.4. The van der Waals surface area contributed by atoms with Gasteiger partial charge in [0, 0.05) is 27.9 Å². The first-order chi connectivity index (χ1) is 16.9. The Bertz CT molecular complexity index is 1240. The Kier molecular flexibility index (Phi) is 9.02. The molecule has 3 rings (SSSR count). The van der Waals surface area contributed by atoms with Crippen molar-refractivity contribution in [1.29, 1.82) is 0 Å². The summed E-state index contributed by atoms with van der Waals surface area (Å²) in [5, 5.41) is 13.6. The molecule has 1 N–H and O–H groups in total. The fraction of sp³-hybridized carbons (Fsp3) is 0.115. The van der Waals surface area contributed by atoms with Crippen molar-refractivity contribution in [1.82, 2.24) is 0 Å². The SMILES string of the molecule is COc1cc(/C=C/c2ccc(OCC(=O)Nc3ccc(Br)cc3)cc2)c(/C=C/[N+](=O)[O-])c(OC)c1. The summed E-state index contributed by atoms with van der Waals surface area (Å²) in [6, 6.07) is 17.9. The fourth-order valence-electron chi connectivity index (χ4n) is 3.10. The van der Waals surface area contributed by atoms with Crippen LogP contribution in [0.15, 0.2) is 71.3 Å². The Morgan fingerprint density at radius 1 is 0.971 bits per heavy atom. The number of ether oxygens (including phenoxy) is 3. The Morgan fingerprint density at radius 3 is 2.31 bits per heavy atom. The van der Waals surface area contributed by atoms with E-state index in [4.69, 9.17) is 14.2 Å². The number of nitro groups is 1. The van der Waals surface area contributed by atoms with Crippen LogP contribution in [-0.2, 0) is 4.79 Å². The number of hydrogen-bond donors (Lipinski definition) is 1. The van der Waals surface area contributed by atoms with Gasteiger partial charge in [0.1, 0.15) is 17.2 Å². The number of benzene rings is 3. The summed E-state index contributed by atoms with van der Waals surface area (Å²) in [5.74, 6) is 1.29. The molecular weight excluding hydrogens is 516 g/mol. The lowest BCUT2D eigenvalue weighted by molar-refractivity contribution is -0.400. The van der Waals surface area contributed by atoms with Crippen LogP contribution in [0.3, 0.4) is 0 Å². The molecule has 0 spiro atoms. The molecule has 35 heavy (non-hydrogen) atoms. The van der Waals surface area contributed by atoms with E-state index in [0.29, 0.717) is 34.1 Å². The zero-order valence-electron chi connectivity index (χ0n) is 19.1. The molecule has 9 heteroatoms. The Hall–Kier alpha value is -4.11. The summed E-state index contributed by atoms with van der Waals surface area (Å²) in [6.45, 7) is -0.124. The minimum atomic E-state index is -0.533. The third kappa shape index (κ3) is 7.72. The molecule has 0 saturated carbocycles. The van der Waals surface area contributed by atoms with Crippen LogP contribution in [-0.4, -0.2) is 31.7 Å². The number of amides is 1. The topological polar surface area (TPSA) is 99.9 Å². The number of carbonyl (C=O) groups excluding carboxylic acids is 1. The normalized spacial score (nSPS) is 10.9. The van der Waals surface area contributed by atoms with Gasteiger partial charge in [-0.15, -0.1) is 0 Å². The third-order valence-corrected chi connectivity index (χ3v) is 5.33. The number of methoxy groups -OCH3 is 2. The highest BCUT2D eigenvalue weighted by atomic mass is 79.9. The molecule has 180 valence electrons. The largest absolute Gasteiger partial charge is 0.497 e. The van der Waals surface area contributed by atoms with Crippen LogP contribution in [0.4, 0.5) is 5.69 Å². The molecule has 3 aromatic rings. The molecule has 0 aliphatic rings. The van der Waals surface area contributed by atoms with Crippen LogP contribution >= 0.6 is 15.9 Å². The quantitative estimate of drug-likeness (QED) is 0.196. The summed E-state index contributed by atoms with van der Waals surface area (Å²) < 4.78 is 17.2. The van der Waals surface area contributed by atoms with Crippen LogP contribution in [0.25, 0.3) is 18.2 Å². The number of halogens is 1. The Labute approximate surface area is 211 Å². The summed E-state index contributed by atoms with van der Waals surface area (Å²) in [4.78, 5) is 22.4. The third-order valence-electron chi connectivity index (χ3n) is 4.80. The predicted octanol–water partition coefficient (Wildman–Crippen LogP) is 5.90. The second-order valence-corrected chi connectivity index (χ2v) is 8.10. The maximum Gasteiger partial charge on any atom is 0.262 e. The van der Waals surface area contributed by atoms with Gasteiger partial charge in [0.05, 0.1) is 19.1 Å². The van der Waals surface area contributed by atoms with Crippen molar-refractivity contribution in [3.8, 4) is 17.2 Å². The van der Waals surface area contributed by atoms with Crippen molar-refractivity contribution < 1.29 is 23.9 Å². The lowest BCUT2D eigenvalue weighted by atomic mass is 10.0. The van der Waals surface area contributed by atoms with E-state index in [1.165, 1.54) is 20.3 Å². The van der Waals surface area contributed by atoms with Crippen LogP contribution in [0.2, 0.25) is 0 Å². The van der Waals surface area contributed by atoms with E-state index in [1.807, 2.05) is 36.4 Å². The molecule has 0 fully saturated rings. The van der Waals surface area contributed by atoms with Gasteiger partial charge in [0.15, 0.2) is 6.61 Å². The summed E-state index contributed by atoms with van der Waals surface area (Å²) in [6.07, 6.45) is 5.91. The van der Waals surface area contributed by atoms with E-state index in [9.17, 15) is 14.9 Å². The van der Waals surface area contributed by atoms with Gasteiger partial charge in [-0.2, -0.15) is 0 Å². The number of nitrogens with zero attached hydrogens (tertiary/aromatic N) is 1. The summed E-state index contributed by atoms with van der Waals surface area (Å²) in [7, 11) is 3.02. The van der Waals surface area contributed by atoms with Crippen molar-refractivity contribution in [3.63, 3.8) is 0 Å². The summed E-state index contributed by atoms with van der Waals surface area (Å²) in [5.41, 5.74) is 2.79. The number of hydrogen-bond acceptors (Lipinski definition) is 6. The lowest BCUT2D eigenvalue weighted by Crippen LogP contribution is -2.20. The molecule has 0 radical (unpaired) electrons. The molecule has 1 amide bonds. The molecule has 0 atom stereocenters. The maximum absolute atomic E-state index is 12.1. The van der Waals surface area contributed by atoms with Gasteiger partial charge in [0.25, 0.3) is 5.91 Å². The average molecular weight is 539 g/mol. The van der Waals surface area contributed by atoms with E-state index >= 15 is 0 Å². The molecule has 0 bridgehead atoms. The van der Waals surface area contributed by atoms with Crippen molar-refractivity contribution in [2.45, 2.75) is 0 Å². The predicted molar refractivity (Wildman–Crippen MR) is 139 cm³/mol. The Balaban J connectivity index is 1.68. The highest BCUT2D eigenvalue weighted by Gasteiger charge is 2.10. The van der Waals surface area contributed by atoms with E-state index in [0.717, 1.165) is 16.2 Å². The van der Waals surface area contributed by atoms with Crippen molar-refractivity contribution >= 4 is 45.8 Å². The first kappa shape index (κ1) is 25.5. The van der Waals surface area contributed by atoms with Crippen molar-refractivity contribution in [2.75, 3.05) is 26.1 Å². The number of rotatable bonds is 10. The van der Waals surface area contributed by atoms with Gasteiger partial charge in [-0.1, -0.05) is 40.2 Å². The molecule has 0 saturated heterocycles.